The molecule has 0 aliphatic carbocycles. The number of sulfonamides is 1. The lowest BCUT2D eigenvalue weighted by Crippen LogP contribution is -2.31. The molecule has 0 unspecified atom stereocenters. The third-order valence-electron chi connectivity index (χ3n) is 3.88. The van der Waals surface area contributed by atoms with Crippen molar-refractivity contribution in [3.05, 3.63) is 60.7 Å². The molecule has 0 amide bonds. The Morgan fingerprint density at radius 1 is 1.11 bits per heavy atom. The lowest BCUT2D eigenvalue weighted by molar-refractivity contribution is 0.0526. The van der Waals surface area contributed by atoms with E-state index in [0.717, 1.165) is 4.31 Å². The van der Waals surface area contributed by atoms with Crippen LogP contribution in [0, 0.1) is 0 Å². The molecule has 7 nitrogen and oxygen atoms in total. The Hall–Kier alpha value is -3.00. The maximum atomic E-state index is 13.3. The van der Waals surface area contributed by atoms with Gasteiger partial charge < -0.3 is 14.2 Å². The van der Waals surface area contributed by atoms with Crippen molar-refractivity contribution in [1.82, 2.24) is 0 Å². The van der Waals surface area contributed by atoms with Crippen LogP contribution in [0.25, 0.3) is 0 Å². The van der Waals surface area contributed by atoms with Gasteiger partial charge in [0.05, 0.1) is 43.5 Å². The average Bonchev–Trinajstić information content (AvgIpc) is 2.71. The van der Waals surface area contributed by atoms with Crippen LogP contribution in [0.4, 0.5) is 5.69 Å². The number of hydrogen-bond acceptors (Lipinski definition) is 6. The summed E-state index contributed by atoms with van der Waals surface area (Å²) in [6.07, 6.45) is 1.47. The van der Waals surface area contributed by atoms with Crippen molar-refractivity contribution in [2.24, 2.45) is 0 Å². The van der Waals surface area contributed by atoms with E-state index in [1.54, 1.807) is 25.1 Å². The van der Waals surface area contributed by atoms with Crippen LogP contribution in [-0.4, -0.2) is 41.8 Å². The molecule has 8 heteroatoms. The molecule has 0 heterocycles. The van der Waals surface area contributed by atoms with Crippen molar-refractivity contribution in [1.29, 1.82) is 0 Å². The predicted molar refractivity (Wildman–Crippen MR) is 107 cm³/mol. The molecule has 0 fully saturated rings. The van der Waals surface area contributed by atoms with Crippen LogP contribution in [0.2, 0.25) is 0 Å². The van der Waals surface area contributed by atoms with Crippen LogP contribution in [0.1, 0.15) is 17.3 Å². The highest BCUT2D eigenvalue weighted by Gasteiger charge is 2.26. The van der Waals surface area contributed by atoms with Gasteiger partial charge in [0.2, 0.25) is 0 Å². The molecule has 0 aromatic heterocycles. The minimum Gasteiger partial charge on any atom is -0.493 e. The van der Waals surface area contributed by atoms with E-state index in [9.17, 15) is 13.2 Å². The van der Waals surface area contributed by atoms with Crippen LogP contribution < -0.4 is 13.8 Å². The molecule has 0 N–H and O–H groups in total. The van der Waals surface area contributed by atoms with Crippen molar-refractivity contribution in [3.63, 3.8) is 0 Å². The van der Waals surface area contributed by atoms with E-state index in [-0.39, 0.29) is 23.6 Å². The van der Waals surface area contributed by atoms with Gasteiger partial charge in [-0.25, -0.2) is 13.2 Å². The fourth-order valence-electron chi connectivity index (χ4n) is 2.57. The van der Waals surface area contributed by atoms with Crippen molar-refractivity contribution >= 4 is 21.7 Å². The van der Waals surface area contributed by atoms with Gasteiger partial charge in [-0.05, 0) is 37.3 Å². The van der Waals surface area contributed by atoms with Crippen LogP contribution in [0.15, 0.2) is 60.0 Å². The highest BCUT2D eigenvalue weighted by atomic mass is 32.2. The minimum atomic E-state index is -3.95. The quantitative estimate of drug-likeness (QED) is 0.470. The van der Waals surface area contributed by atoms with E-state index >= 15 is 0 Å². The van der Waals surface area contributed by atoms with E-state index in [0.29, 0.717) is 17.2 Å². The number of methoxy groups -OCH3 is 2. The number of anilines is 1. The maximum absolute atomic E-state index is 13.3. The largest absolute Gasteiger partial charge is 0.493 e. The minimum absolute atomic E-state index is 0.0168. The molecule has 0 saturated heterocycles. The fraction of sp³-hybridized carbons (Fsp3) is 0.250. The number of rotatable bonds is 9. The number of ether oxygens (including phenoxy) is 3. The van der Waals surface area contributed by atoms with E-state index in [1.807, 2.05) is 0 Å². The van der Waals surface area contributed by atoms with Gasteiger partial charge in [0.25, 0.3) is 10.0 Å². The van der Waals surface area contributed by atoms with Crippen LogP contribution in [0.3, 0.4) is 0 Å². The number of carbonyl (C=O) groups excluding carboxylic acids is 1. The Kier molecular flexibility index (Phi) is 7.06. The molecule has 0 spiro atoms. The molecule has 0 aliphatic rings. The topological polar surface area (TPSA) is 82.1 Å². The third-order valence-corrected chi connectivity index (χ3v) is 5.67. The van der Waals surface area contributed by atoms with Gasteiger partial charge in [-0.2, -0.15) is 0 Å². The molecular weight excluding hydrogens is 382 g/mol. The molecule has 2 rings (SSSR count). The van der Waals surface area contributed by atoms with Gasteiger partial charge >= 0.3 is 5.97 Å². The molecule has 0 saturated carbocycles. The maximum Gasteiger partial charge on any atom is 0.338 e. The molecule has 28 heavy (non-hydrogen) atoms. The highest BCUT2D eigenvalue weighted by Crippen LogP contribution is 2.32. The molecule has 2 aromatic rings. The second-order valence-electron chi connectivity index (χ2n) is 5.61. The second-order valence-corrected chi connectivity index (χ2v) is 7.47. The van der Waals surface area contributed by atoms with Gasteiger partial charge in [0.1, 0.15) is 0 Å². The van der Waals surface area contributed by atoms with Gasteiger partial charge in [0, 0.05) is 6.07 Å². The average molecular weight is 405 g/mol. The molecule has 0 radical (unpaired) electrons. The zero-order valence-electron chi connectivity index (χ0n) is 16.0. The zero-order valence-corrected chi connectivity index (χ0v) is 16.9. The van der Waals surface area contributed by atoms with Gasteiger partial charge in [0.15, 0.2) is 11.5 Å². The summed E-state index contributed by atoms with van der Waals surface area (Å²) in [6, 6.07) is 10.6. The predicted octanol–water partition coefficient (Wildman–Crippen LogP) is 3.26. The van der Waals surface area contributed by atoms with Crippen LogP contribution >= 0.6 is 0 Å². The van der Waals surface area contributed by atoms with Gasteiger partial charge in [-0.1, -0.05) is 12.1 Å². The number of benzene rings is 2. The first kappa shape index (κ1) is 21.3. The normalized spacial score (nSPS) is 10.8. The summed E-state index contributed by atoms with van der Waals surface area (Å²) < 4.78 is 43.0. The summed E-state index contributed by atoms with van der Waals surface area (Å²) >= 11 is 0. The van der Waals surface area contributed by atoms with E-state index < -0.39 is 16.0 Å². The standard InChI is InChI=1S/C20H23NO6S/c1-5-12-21(16-9-7-8-15(13-16)20(22)27-6-2)28(23,24)17-10-11-18(25-3)19(14-17)26-4/h5,7-11,13-14H,1,6,12H2,2-4H3. The Bertz CT molecular complexity index is 955. The highest BCUT2D eigenvalue weighted by molar-refractivity contribution is 7.92. The summed E-state index contributed by atoms with van der Waals surface area (Å²) in [6.45, 7) is 5.58. The summed E-state index contributed by atoms with van der Waals surface area (Å²) in [4.78, 5) is 12.0. The molecule has 2 aromatic carbocycles. The number of esters is 1. The Labute approximate surface area is 165 Å². The third kappa shape index (κ3) is 4.45. The Morgan fingerprint density at radius 2 is 1.82 bits per heavy atom. The van der Waals surface area contributed by atoms with Crippen molar-refractivity contribution in [3.8, 4) is 11.5 Å². The Morgan fingerprint density at radius 3 is 2.43 bits per heavy atom. The zero-order chi connectivity index (χ0) is 20.7. The summed E-state index contributed by atoms with van der Waals surface area (Å²) in [5.74, 6) is 0.190. The second kappa shape index (κ2) is 9.27. The molecule has 150 valence electrons. The summed E-state index contributed by atoms with van der Waals surface area (Å²) in [7, 11) is -1.06. The smallest absolute Gasteiger partial charge is 0.338 e. The van der Waals surface area contributed by atoms with Crippen LogP contribution in [-0.2, 0) is 14.8 Å². The lowest BCUT2D eigenvalue weighted by atomic mass is 10.2. The van der Waals surface area contributed by atoms with Crippen molar-refractivity contribution < 1.29 is 27.4 Å². The van der Waals surface area contributed by atoms with Crippen molar-refractivity contribution in [2.75, 3.05) is 31.7 Å². The van der Waals surface area contributed by atoms with Crippen LogP contribution in [0.5, 0.6) is 11.5 Å². The van der Waals surface area contributed by atoms with E-state index in [4.69, 9.17) is 14.2 Å². The first-order valence-corrected chi connectivity index (χ1v) is 9.95. The fourth-order valence-corrected chi connectivity index (χ4v) is 4.01. The van der Waals surface area contributed by atoms with Gasteiger partial charge in [-0.3, -0.25) is 4.31 Å². The molecule has 0 aliphatic heterocycles. The first-order valence-electron chi connectivity index (χ1n) is 8.51. The number of nitrogens with zero attached hydrogens (tertiary/aromatic N) is 1. The molecule has 0 bridgehead atoms. The lowest BCUT2D eigenvalue weighted by Gasteiger charge is -2.24. The number of carbonyl (C=O) groups is 1. The summed E-state index contributed by atoms with van der Waals surface area (Å²) in [5, 5.41) is 0. The molecule has 0 atom stereocenters. The van der Waals surface area contributed by atoms with E-state index in [2.05, 4.69) is 6.58 Å². The molecular formula is C20H23NO6S. The van der Waals surface area contributed by atoms with Crippen molar-refractivity contribution in [2.45, 2.75) is 11.8 Å². The first-order chi connectivity index (χ1) is 13.4. The monoisotopic (exact) mass is 405 g/mol. The van der Waals surface area contributed by atoms with Gasteiger partial charge in [-0.15, -0.1) is 6.58 Å². The summed E-state index contributed by atoms with van der Waals surface area (Å²) in [5.41, 5.74) is 0.580. The number of hydrogen-bond donors (Lipinski definition) is 0. The van der Waals surface area contributed by atoms with E-state index in [1.165, 1.54) is 44.6 Å². The SMILES string of the molecule is C=CCN(c1cccc(C(=O)OCC)c1)S(=O)(=O)c1ccc(OC)c(OC)c1. The Balaban J connectivity index is 2.52.